The predicted octanol–water partition coefficient (Wildman–Crippen LogP) is 3.54. The standard InChI is InChI=1S/C11H15N3S3/c1-3-14(7-8-5-4-6-16-8)11-9(15-2)10(12)13-17-11/h4-6H,3,7H2,1-2H3,(H2,12,13). The van der Waals surface area contributed by atoms with Gasteiger partial charge in [-0.2, -0.15) is 4.37 Å². The Morgan fingerprint density at radius 3 is 2.94 bits per heavy atom. The van der Waals surface area contributed by atoms with Crippen LogP contribution in [0.25, 0.3) is 0 Å². The molecule has 0 unspecified atom stereocenters. The number of nitrogens with zero attached hydrogens (tertiary/aromatic N) is 2. The van der Waals surface area contributed by atoms with Crippen LogP contribution in [0, 0.1) is 0 Å². The van der Waals surface area contributed by atoms with Crippen molar-refractivity contribution in [1.29, 1.82) is 0 Å². The molecule has 0 aliphatic rings. The van der Waals surface area contributed by atoms with E-state index in [-0.39, 0.29) is 0 Å². The smallest absolute Gasteiger partial charge is 0.153 e. The molecule has 0 saturated heterocycles. The van der Waals surface area contributed by atoms with Crippen LogP contribution in [0.1, 0.15) is 11.8 Å². The number of hydrogen-bond acceptors (Lipinski definition) is 6. The van der Waals surface area contributed by atoms with E-state index in [9.17, 15) is 0 Å². The summed E-state index contributed by atoms with van der Waals surface area (Å²) in [7, 11) is 0. The van der Waals surface area contributed by atoms with Crippen LogP contribution in [0.5, 0.6) is 0 Å². The zero-order valence-electron chi connectivity index (χ0n) is 9.84. The number of thioether (sulfide) groups is 1. The summed E-state index contributed by atoms with van der Waals surface area (Å²) in [5.41, 5.74) is 5.87. The number of hydrogen-bond donors (Lipinski definition) is 1. The van der Waals surface area contributed by atoms with Gasteiger partial charge in [-0.05, 0) is 36.2 Å². The Bertz CT molecular complexity index is 464. The van der Waals surface area contributed by atoms with Crippen LogP contribution in [0.2, 0.25) is 0 Å². The first-order valence-corrected chi connectivity index (χ1v) is 8.20. The van der Waals surface area contributed by atoms with Crippen molar-refractivity contribution >= 4 is 45.5 Å². The van der Waals surface area contributed by atoms with E-state index in [1.54, 1.807) is 23.1 Å². The van der Waals surface area contributed by atoms with Gasteiger partial charge in [-0.3, -0.25) is 0 Å². The highest BCUT2D eigenvalue weighted by Gasteiger charge is 2.16. The number of thiophene rings is 1. The molecule has 2 aromatic rings. The molecule has 2 rings (SSSR count). The second kappa shape index (κ2) is 5.75. The summed E-state index contributed by atoms with van der Waals surface area (Å²) < 4.78 is 4.25. The molecule has 17 heavy (non-hydrogen) atoms. The van der Waals surface area contributed by atoms with Crippen molar-refractivity contribution in [1.82, 2.24) is 4.37 Å². The zero-order chi connectivity index (χ0) is 12.3. The molecular weight excluding hydrogens is 270 g/mol. The molecule has 0 aliphatic heterocycles. The molecule has 3 nitrogen and oxygen atoms in total. The van der Waals surface area contributed by atoms with Crippen molar-refractivity contribution in [3.63, 3.8) is 0 Å². The number of anilines is 2. The molecule has 2 N–H and O–H groups in total. The maximum atomic E-state index is 5.87. The first-order valence-electron chi connectivity index (χ1n) is 5.32. The first kappa shape index (κ1) is 12.7. The van der Waals surface area contributed by atoms with Gasteiger partial charge in [0.2, 0.25) is 0 Å². The Morgan fingerprint density at radius 1 is 1.53 bits per heavy atom. The molecule has 0 fully saturated rings. The molecule has 0 radical (unpaired) electrons. The number of aromatic nitrogens is 1. The van der Waals surface area contributed by atoms with E-state index >= 15 is 0 Å². The van der Waals surface area contributed by atoms with Gasteiger partial charge in [-0.1, -0.05) is 6.07 Å². The lowest BCUT2D eigenvalue weighted by molar-refractivity contribution is 0.844. The van der Waals surface area contributed by atoms with E-state index in [4.69, 9.17) is 5.73 Å². The van der Waals surface area contributed by atoms with Crippen LogP contribution in [0.4, 0.5) is 10.8 Å². The third-order valence-electron chi connectivity index (χ3n) is 2.46. The second-order valence-corrected chi connectivity index (χ2v) is 6.10. The van der Waals surface area contributed by atoms with Crippen molar-refractivity contribution in [2.45, 2.75) is 18.4 Å². The highest BCUT2D eigenvalue weighted by molar-refractivity contribution is 7.99. The van der Waals surface area contributed by atoms with Crippen molar-refractivity contribution in [3.8, 4) is 0 Å². The summed E-state index contributed by atoms with van der Waals surface area (Å²) in [4.78, 5) is 4.80. The largest absolute Gasteiger partial charge is 0.382 e. The fourth-order valence-corrected chi connectivity index (χ4v) is 4.07. The van der Waals surface area contributed by atoms with Gasteiger partial charge >= 0.3 is 0 Å². The van der Waals surface area contributed by atoms with Gasteiger partial charge < -0.3 is 10.6 Å². The zero-order valence-corrected chi connectivity index (χ0v) is 12.3. The Morgan fingerprint density at radius 2 is 2.35 bits per heavy atom. The molecule has 0 atom stereocenters. The van der Waals surface area contributed by atoms with E-state index in [2.05, 4.69) is 33.7 Å². The van der Waals surface area contributed by atoms with Gasteiger partial charge in [0.05, 0.1) is 11.4 Å². The highest BCUT2D eigenvalue weighted by Crippen LogP contribution is 2.38. The molecule has 0 aliphatic carbocycles. The summed E-state index contributed by atoms with van der Waals surface area (Å²) in [5, 5.41) is 3.30. The Kier molecular flexibility index (Phi) is 4.31. The van der Waals surface area contributed by atoms with Crippen molar-refractivity contribution < 1.29 is 0 Å². The van der Waals surface area contributed by atoms with E-state index in [1.165, 1.54) is 21.4 Å². The van der Waals surface area contributed by atoms with Gasteiger partial charge in [-0.15, -0.1) is 23.1 Å². The third-order valence-corrected chi connectivity index (χ3v) is 5.18. The molecule has 92 valence electrons. The maximum Gasteiger partial charge on any atom is 0.153 e. The fourth-order valence-electron chi connectivity index (χ4n) is 1.60. The molecule has 2 aromatic heterocycles. The molecule has 0 amide bonds. The number of nitrogen functional groups attached to an aromatic ring is 1. The Balaban J connectivity index is 2.22. The lowest BCUT2D eigenvalue weighted by atomic mass is 10.4. The number of nitrogens with two attached hydrogens (primary N) is 1. The van der Waals surface area contributed by atoms with Crippen molar-refractivity contribution in [3.05, 3.63) is 22.4 Å². The van der Waals surface area contributed by atoms with Crippen LogP contribution < -0.4 is 10.6 Å². The van der Waals surface area contributed by atoms with E-state index in [1.807, 2.05) is 6.26 Å². The third kappa shape index (κ3) is 2.75. The molecule has 2 heterocycles. The lowest BCUT2D eigenvalue weighted by Crippen LogP contribution is -2.20. The topological polar surface area (TPSA) is 42.2 Å². The average Bonchev–Trinajstić information content (AvgIpc) is 2.95. The second-order valence-electron chi connectivity index (χ2n) is 3.50. The monoisotopic (exact) mass is 285 g/mol. The van der Waals surface area contributed by atoms with Crippen molar-refractivity contribution in [2.75, 3.05) is 23.4 Å². The van der Waals surface area contributed by atoms with Crippen LogP contribution in [-0.4, -0.2) is 17.2 Å². The maximum absolute atomic E-state index is 5.87. The van der Waals surface area contributed by atoms with Crippen LogP contribution in [-0.2, 0) is 6.54 Å². The van der Waals surface area contributed by atoms with Gasteiger partial charge in [-0.25, -0.2) is 0 Å². The quantitative estimate of drug-likeness (QED) is 0.853. The van der Waals surface area contributed by atoms with E-state index in [0.29, 0.717) is 5.82 Å². The Labute approximate surface area is 114 Å². The summed E-state index contributed by atoms with van der Waals surface area (Å²) in [5.74, 6) is 0.655. The minimum Gasteiger partial charge on any atom is -0.382 e. The molecule has 0 aromatic carbocycles. The van der Waals surface area contributed by atoms with Crippen LogP contribution in [0.3, 0.4) is 0 Å². The normalized spacial score (nSPS) is 10.7. The minimum atomic E-state index is 0.655. The van der Waals surface area contributed by atoms with Gasteiger partial charge in [0.1, 0.15) is 5.00 Å². The summed E-state index contributed by atoms with van der Waals surface area (Å²) >= 11 is 4.95. The predicted molar refractivity (Wildman–Crippen MR) is 79.4 cm³/mol. The summed E-state index contributed by atoms with van der Waals surface area (Å²) in [6, 6.07) is 4.25. The molecule has 0 bridgehead atoms. The first-order chi connectivity index (χ1) is 8.26. The minimum absolute atomic E-state index is 0.655. The SMILES string of the molecule is CCN(Cc1cccs1)c1snc(N)c1SC. The Hall–Kier alpha value is -0.720. The average molecular weight is 285 g/mol. The summed E-state index contributed by atoms with van der Waals surface area (Å²) in [6.07, 6.45) is 2.04. The molecule has 0 saturated carbocycles. The molecule has 0 spiro atoms. The van der Waals surface area contributed by atoms with Crippen LogP contribution in [0.15, 0.2) is 22.4 Å². The van der Waals surface area contributed by atoms with E-state index in [0.717, 1.165) is 18.0 Å². The van der Waals surface area contributed by atoms with Gasteiger partial charge in [0.25, 0.3) is 0 Å². The van der Waals surface area contributed by atoms with E-state index < -0.39 is 0 Å². The lowest BCUT2D eigenvalue weighted by Gasteiger charge is -2.21. The fraction of sp³-hybridized carbons (Fsp3) is 0.364. The van der Waals surface area contributed by atoms with Crippen LogP contribution >= 0.6 is 34.6 Å². The van der Waals surface area contributed by atoms with Gasteiger partial charge in [0, 0.05) is 11.4 Å². The van der Waals surface area contributed by atoms with Gasteiger partial charge in [0.15, 0.2) is 5.82 Å². The molecule has 6 heteroatoms. The number of rotatable bonds is 5. The highest BCUT2D eigenvalue weighted by atomic mass is 32.2. The summed E-state index contributed by atoms with van der Waals surface area (Å²) in [6.45, 7) is 4.06. The molecular formula is C11H15N3S3. The van der Waals surface area contributed by atoms with Crippen molar-refractivity contribution in [2.24, 2.45) is 0 Å².